The number of hydrogen-bond acceptors (Lipinski definition) is 7. The Morgan fingerprint density at radius 2 is 1.75 bits per heavy atom. The van der Waals surface area contributed by atoms with Crippen molar-refractivity contribution in [2.75, 3.05) is 56.7 Å². The van der Waals surface area contributed by atoms with Crippen molar-refractivity contribution in [2.24, 2.45) is 17.6 Å². The number of nitrogens with zero attached hydrogens (tertiary/aromatic N) is 4. The minimum Gasteiger partial charge on any atom is -0.355 e. The van der Waals surface area contributed by atoms with E-state index in [-0.39, 0.29) is 11.4 Å². The van der Waals surface area contributed by atoms with Crippen LogP contribution in [0.15, 0.2) is 42.5 Å². The van der Waals surface area contributed by atoms with E-state index < -0.39 is 39.9 Å². The second-order valence-corrected chi connectivity index (χ2v) is 14.0. The summed E-state index contributed by atoms with van der Waals surface area (Å²) < 4.78 is 40.9. The fourth-order valence-electron chi connectivity index (χ4n) is 4.50. The number of hydrogen-bond donors (Lipinski definition) is 2. The Labute approximate surface area is 239 Å². The van der Waals surface area contributed by atoms with Gasteiger partial charge in [-0.3, -0.25) is 9.10 Å². The number of carbonyl (C=O) groups is 1. The van der Waals surface area contributed by atoms with Crippen LogP contribution in [-0.4, -0.2) is 89.0 Å². The third kappa shape index (κ3) is 8.37. The Bertz CT molecular complexity index is 1230. The van der Waals surface area contributed by atoms with Gasteiger partial charge in [-0.1, -0.05) is 37.3 Å². The first-order chi connectivity index (χ1) is 18.8. The van der Waals surface area contributed by atoms with Crippen LogP contribution in [0, 0.1) is 11.8 Å². The summed E-state index contributed by atoms with van der Waals surface area (Å²) >= 11 is 0. The minimum atomic E-state index is -3.70. The van der Waals surface area contributed by atoms with Gasteiger partial charge in [-0.25, -0.2) is 17.8 Å². The molecule has 1 fully saturated rings. The molecule has 1 aromatic heterocycles. The molecule has 2 aromatic rings. The Morgan fingerprint density at radius 1 is 1.12 bits per heavy atom. The van der Waals surface area contributed by atoms with Gasteiger partial charge in [-0.2, -0.15) is 0 Å². The second-order valence-electron chi connectivity index (χ2n) is 11.4. The highest BCUT2D eigenvalue weighted by atomic mass is 32.2. The van der Waals surface area contributed by atoms with Crippen molar-refractivity contribution in [3.05, 3.63) is 53.6 Å². The Morgan fingerprint density at radius 3 is 2.30 bits per heavy atom. The number of anilines is 2. The minimum absolute atomic E-state index is 0.157. The van der Waals surface area contributed by atoms with E-state index >= 15 is 0 Å². The van der Waals surface area contributed by atoms with E-state index in [9.17, 15) is 17.6 Å². The van der Waals surface area contributed by atoms with Crippen molar-refractivity contribution >= 4 is 27.6 Å². The lowest BCUT2D eigenvalue weighted by atomic mass is 10.00. The summed E-state index contributed by atoms with van der Waals surface area (Å²) in [6, 6.07) is 11.1. The van der Waals surface area contributed by atoms with E-state index in [0.717, 1.165) is 29.4 Å². The van der Waals surface area contributed by atoms with E-state index in [1.165, 1.54) is 13.1 Å². The average molecular weight is 577 g/mol. The molecule has 1 heterocycles. The lowest BCUT2D eigenvalue weighted by Gasteiger charge is -2.29. The van der Waals surface area contributed by atoms with Gasteiger partial charge in [0.2, 0.25) is 10.0 Å². The molecule has 1 aliphatic rings. The van der Waals surface area contributed by atoms with Crippen molar-refractivity contribution in [1.29, 1.82) is 0 Å². The van der Waals surface area contributed by atoms with Crippen LogP contribution in [-0.2, 0) is 16.4 Å². The van der Waals surface area contributed by atoms with Gasteiger partial charge in [0.25, 0.3) is 5.91 Å². The van der Waals surface area contributed by atoms with Crippen molar-refractivity contribution in [3.63, 3.8) is 0 Å². The molecule has 9 nitrogen and oxygen atoms in total. The van der Waals surface area contributed by atoms with E-state index in [4.69, 9.17) is 10.7 Å². The first-order valence-electron chi connectivity index (χ1n) is 13.9. The van der Waals surface area contributed by atoms with Gasteiger partial charge < -0.3 is 20.9 Å². The summed E-state index contributed by atoms with van der Waals surface area (Å²) in [4.78, 5) is 22.6. The van der Waals surface area contributed by atoms with E-state index in [1.807, 2.05) is 44.4 Å². The number of alkyl halides is 1. The molecule has 3 rings (SSSR count). The number of aromatic nitrogens is 1. The molecule has 222 valence electrons. The highest BCUT2D eigenvalue weighted by Crippen LogP contribution is 2.39. The maximum absolute atomic E-state index is 13.7. The quantitative estimate of drug-likeness (QED) is 0.335. The molecule has 11 heteroatoms. The van der Waals surface area contributed by atoms with Crippen LogP contribution in [0.2, 0.25) is 0 Å². The molecule has 0 spiro atoms. The largest absolute Gasteiger partial charge is 0.355 e. The van der Waals surface area contributed by atoms with Crippen LogP contribution in [0.5, 0.6) is 0 Å². The topological polar surface area (TPSA) is 112 Å². The lowest BCUT2D eigenvalue weighted by molar-refractivity contribution is 0.0928. The number of likely N-dealkylation sites (N-methyl/N-ethyl adjacent to an activating group) is 1. The number of sulfonamides is 1. The Balaban J connectivity index is 2.00. The zero-order valence-electron chi connectivity index (χ0n) is 24.5. The highest BCUT2D eigenvalue weighted by Gasteiger charge is 2.35. The third-order valence-corrected chi connectivity index (χ3v) is 9.68. The summed E-state index contributed by atoms with van der Waals surface area (Å²) in [5, 5.41) is 2.24. The number of nitrogens with one attached hydrogen (secondary N) is 1. The molecule has 2 unspecified atom stereocenters. The summed E-state index contributed by atoms with van der Waals surface area (Å²) in [7, 11) is 1.73. The first kappa shape index (κ1) is 31.8. The van der Waals surface area contributed by atoms with Crippen molar-refractivity contribution in [2.45, 2.75) is 50.9 Å². The zero-order chi connectivity index (χ0) is 29.6. The molecule has 1 saturated carbocycles. The molecule has 0 radical (unpaired) electrons. The predicted molar refractivity (Wildman–Crippen MR) is 160 cm³/mol. The molecular formula is C29H45FN6O3S. The first-order valence-corrected chi connectivity index (χ1v) is 15.4. The van der Waals surface area contributed by atoms with Crippen LogP contribution >= 0.6 is 0 Å². The number of nitrogens with two attached hydrogens (primary N) is 1. The summed E-state index contributed by atoms with van der Waals surface area (Å²) in [6.07, 6.45) is 1.48. The number of benzene rings is 1. The van der Waals surface area contributed by atoms with Crippen LogP contribution in [0.25, 0.3) is 0 Å². The summed E-state index contributed by atoms with van der Waals surface area (Å²) in [5.41, 5.74) is 7.24. The van der Waals surface area contributed by atoms with Crippen molar-refractivity contribution in [3.8, 4) is 0 Å². The highest BCUT2D eigenvalue weighted by molar-refractivity contribution is 7.93. The molecule has 0 aliphatic heterocycles. The van der Waals surface area contributed by atoms with Crippen LogP contribution in [0.1, 0.15) is 43.1 Å². The van der Waals surface area contributed by atoms with Gasteiger partial charge in [0.15, 0.2) is 0 Å². The van der Waals surface area contributed by atoms with E-state index in [0.29, 0.717) is 30.6 Å². The number of rotatable bonds is 15. The standard InChI is InChI=1S/C29H45FN6O3S/c1-20(2)40(38,39)35(6)27-16-23(17-28(33-27)36(13-12-34(4)5)19-24-14-21(24)3)29(37)32-26(25(31)18-30)15-22-10-8-7-9-11-22/h7-11,16-17,20-21,24-26H,12-15,18-19,31H2,1-6H3,(H,32,37)/t21?,24?,25-,26-/m0/s1. The maximum Gasteiger partial charge on any atom is 0.251 e. The maximum atomic E-state index is 13.7. The van der Waals surface area contributed by atoms with E-state index in [1.54, 1.807) is 19.9 Å². The van der Waals surface area contributed by atoms with Gasteiger partial charge in [0.05, 0.1) is 17.3 Å². The number of halogens is 1. The smallest absolute Gasteiger partial charge is 0.251 e. The molecule has 40 heavy (non-hydrogen) atoms. The normalized spacial score (nSPS) is 18.4. The van der Waals surface area contributed by atoms with Gasteiger partial charge in [0, 0.05) is 32.2 Å². The van der Waals surface area contributed by atoms with Gasteiger partial charge in [0.1, 0.15) is 18.3 Å². The number of amides is 1. The molecule has 1 aromatic carbocycles. The monoisotopic (exact) mass is 576 g/mol. The predicted octanol–water partition coefficient (Wildman–Crippen LogP) is 2.92. The number of carbonyl (C=O) groups excluding carboxylic acids is 1. The molecule has 4 atom stereocenters. The fraction of sp³-hybridized carbons (Fsp3) is 0.586. The van der Waals surface area contributed by atoms with Crippen LogP contribution in [0.4, 0.5) is 16.0 Å². The average Bonchev–Trinajstić information content (AvgIpc) is 3.63. The van der Waals surface area contributed by atoms with Crippen molar-refractivity contribution < 1.29 is 17.6 Å². The zero-order valence-corrected chi connectivity index (χ0v) is 25.4. The SMILES string of the molecule is CC1CC1CN(CCN(C)C)c1cc(C(=O)N[C@@H](Cc2ccccc2)[C@@H](N)CF)cc(N(C)S(=O)(=O)C(C)C)n1. The molecule has 0 saturated heterocycles. The summed E-state index contributed by atoms with van der Waals surface area (Å²) in [5.74, 6) is 1.35. The summed E-state index contributed by atoms with van der Waals surface area (Å²) in [6.45, 7) is 6.81. The third-order valence-electron chi connectivity index (χ3n) is 7.54. The lowest BCUT2D eigenvalue weighted by Crippen LogP contribution is -2.50. The Kier molecular flexibility index (Phi) is 10.9. The van der Waals surface area contributed by atoms with Gasteiger partial charge >= 0.3 is 0 Å². The van der Waals surface area contributed by atoms with Crippen LogP contribution in [0.3, 0.4) is 0 Å². The van der Waals surface area contributed by atoms with Crippen LogP contribution < -0.4 is 20.3 Å². The second kappa shape index (κ2) is 13.7. The molecular weight excluding hydrogens is 531 g/mol. The molecule has 0 bridgehead atoms. The van der Waals surface area contributed by atoms with E-state index in [2.05, 4.69) is 22.0 Å². The van der Waals surface area contributed by atoms with Gasteiger partial charge in [-0.05, 0) is 70.3 Å². The fourth-order valence-corrected chi connectivity index (χ4v) is 5.48. The van der Waals surface area contributed by atoms with Gasteiger partial charge in [-0.15, -0.1) is 0 Å². The van der Waals surface area contributed by atoms with Crippen molar-refractivity contribution in [1.82, 2.24) is 15.2 Å². The molecule has 3 N–H and O–H groups in total. The molecule has 1 amide bonds. The number of pyridine rings is 1. The Hall–Kier alpha value is -2.76. The molecule has 1 aliphatic carbocycles.